The molecule has 4 fully saturated rings. The molecule has 0 unspecified atom stereocenters. The number of piperidine rings is 1. The fraction of sp³-hybridized carbons (Fsp3) is 0.571. The van der Waals surface area contributed by atoms with Crippen LogP contribution in [0.15, 0.2) is 24.3 Å². The fourth-order valence-electron chi connectivity index (χ4n) is 5.38. The van der Waals surface area contributed by atoms with E-state index in [4.69, 9.17) is 0 Å². The molecule has 4 amide bonds. The van der Waals surface area contributed by atoms with E-state index in [1.807, 2.05) is 4.90 Å². The number of benzene rings is 1. The molecule has 1 aromatic rings. The third-order valence-electron chi connectivity index (χ3n) is 6.80. The van der Waals surface area contributed by atoms with Gasteiger partial charge >= 0.3 is 6.03 Å². The predicted octanol–water partition coefficient (Wildman–Crippen LogP) is 0.628. The fourth-order valence-corrected chi connectivity index (χ4v) is 5.38. The largest absolute Gasteiger partial charge is 0.337 e. The molecule has 1 aliphatic carbocycles. The lowest BCUT2D eigenvalue weighted by atomic mass is 9.95. The summed E-state index contributed by atoms with van der Waals surface area (Å²) in [6.07, 6.45) is 4.38. The van der Waals surface area contributed by atoms with E-state index in [0.29, 0.717) is 12.0 Å². The molecule has 2 bridgehead atoms. The maximum atomic E-state index is 12.9. The first-order chi connectivity index (χ1) is 13.6. The lowest BCUT2D eigenvalue weighted by molar-refractivity contribution is -0.135. The van der Waals surface area contributed by atoms with E-state index in [0.717, 1.165) is 45.3 Å². The van der Waals surface area contributed by atoms with Gasteiger partial charge in [0.2, 0.25) is 11.8 Å². The summed E-state index contributed by atoms with van der Waals surface area (Å²) in [6.45, 7) is 2.70. The molecule has 6 rings (SSSR count). The highest BCUT2D eigenvalue weighted by Gasteiger charge is 2.41. The summed E-state index contributed by atoms with van der Waals surface area (Å²) in [5.74, 6) is 0.124. The van der Waals surface area contributed by atoms with Crippen LogP contribution in [-0.4, -0.2) is 77.4 Å². The van der Waals surface area contributed by atoms with E-state index in [2.05, 4.69) is 34.5 Å². The number of nitrogens with zero attached hydrogens (tertiary/aromatic N) is 3. The summed E-state index contributed by atoms with van der Waals surface area (Å²) in [6, 6.07) is 8.98. The molecule has 2 atom stereocenters. The number of carbonyl (C=O) groups is 3. The van der Waals surface area contributed by atoms with Crippen LogP contribution in [0.5, 0.6) is 0 Å². The summed E-state index contributed by atoms with van der Waals surface area (Å²) in [7, 11) is 0. The minimum absolute atomic E-state index is 0.00430. The van der Waals surface area contributed by atoms with Crippen LogP contribution in [0.3, 0.4) is 0 Å². The van der Waals surface area contributed by atoms with E-state index in [1.54, 1.807) is 0 Å². The highest BCUT2D eigenvalue weighted by atomic mass is 16.2. The van der Waals surface area contributed by atoms with Crippen LogP contribution in [0, 0.1) is 5.92 Å². The predicted molar refractivity (Wildman–Crippen MR) is 103 cm³/mol. The maximum absolute atomic E-state index is 12.9. The minimum Gasteiger partial charge on any atom is -0.337 e. The SMILES string of the molecule is O=C1CN(CC(=O)N2C[C@H]3CC[C@@H]2CN(C2Cc4ccccc4C2)C3)C(=O)N1. The van der Waals surface area contributed by atoms with Crippen LogP contribution in [0.1, 0.15) is 24.0 Å². The minimum atomic E-state index is -0.455. The van der Waals surface area contributed by atoms with Crippen molar-refractivity contribution in [1.82, 2.24) is 20.0 Å². The molecule has 4 aliphatic heterocycles. The zero-order valence-corrected chi connectivity index (χ0v) is 16.0. The molecule has 148 valence electrons. The van der Waals surface area contributed by atoms with E-state index in [9.17, 15) is 14.4 Å². The van der Waals surface area contributed by atoms with E-state index >= 15 is 0 Å². The molecule has 28 heavy (non-hydrogen) atoms. The number of nitrogens with one attached hydrogen (secondary N) is 1. The summed E-state index contributed by atoms with van der Waals surface area (Å²) < 4.78 is 0. The summed E-state index contributed by atoms with van der Waals surface area (Å²) in [4.78, 5) is 42.0. The topological polar surface area (TPSA) is 73.0 Å². The van der Waals surface area contributed by atoms with Gasteiger partial charge in [-0.3, -0.25) is 19.8 Å². The van der Waals surface area contributed by atoms with Crippen LogP contribution in [-0.2, 0) is 22.4 Å². The number of amides is 4. The van der Waals surface area contributed by atoms with E-state index < -0.39 is 6.03 Å². The molecule has 4 heterocycles. The maximum Gasteiger partial charge on any atom is 0.325 e. The first-order valence-corrected chi connectivity index (χ1v) is 10.3. The number of rotatable bonds is 3. The lowest BCUT2D eigenvalue weighted by Crippen LogP contribution is -2.51. The molecule has 0 radical (unpaired) electrons. The van der Waals surface area contributed by atoms with Gasteiger partial charge < -0.3 is 9.80 Å². The zero-order valence-electron chi connectivity index (χ0n) is 16.0. The number of imide groups is 1. The van der Waals surface area contributed by atoms with Gasteiger partial charge in [0.1, 0.15) is 13.1 Å². The normalized spacial score (nSPS) is 27.9. The van der Waals surface area contributed by atoms with Gasteiger partial charge in [0.05, 0.1) is 0 Å². The highest BCUT2D eigenvalue weighted by molar-refractivity contribution is 6.03. The van der Waals surface area contributed by atoms with Crippen molar-refractivity contribution in [2.45, 2.75) is 37.8 Å². The molecule has 7 heteroatoms. The number of urea groups is 1. The van der Waals surface area contributed by atoms with Gasteiger partial charge in [0, 0.05) is 31.7 Å². The van der Waals surface area contributed by atoms with Crippen LogP contribution in [0.4, 0.5) is 4.79 Å². The third-order valence-corrected chi connectivity index (χ3v) is 6.80. The Labute approximate surface area is 164 Å². The van der Waals surface area contributed by atoms with E-state index in [-0.39, 0.29) is 30.9 Å². The summed E-state index contributed by atoms with van der Waals surface area (Å²) in [5, 5.41) is 2.24. The Balaban J connectivity index is 1.26. The second kappa shape index (κ2) is 6.88. The second-order valence-electron chi connectivity index (χ2n) is 8.64. The van der Waals surface area contributed by atoms with Gasteiger partial charge in [-0.15, -0.1) is 0 Å². The quantitative estimate of drug-likeness (QED) is 0.779. The number of fused-ring (bicyclic) bond motifs is 5. The van der Waals surface area contributed by atoms with Gasteiger partial charge in [-0.1, -0.05) is 24.3 Å². The van der Waals surface area contributed by atoms with Crippen molar-refractivity contribution >= 4 is 17.8 Å². The van der Waals surface area contributed by atoms with Crippen molar-refractivity contribution in [3.8, 4) is 0 Å². The first-order valence-electron chi connectivity index (χ1n) is 10.3. The van der Waals surface area contributed by atoms with Crippen LogP contribution >= 0.6 is 0 Å². The standard InChI is InChI=1S/C21H26N4O3/c26-19-12-24(21(28)22-19)13-20(27)25-10-14-5-6-17(25)11-23(9-14)18-7-15-3-1-2-4-16(15)8-18/h1-4,14,17-18H,5-13H2,(H,22,26,28)/t14-,17+/m0/s1. The number of carbonyl (C=O) groups excluding carboxylic acids is 3. The Morgan fingerprint density at radius 2 is 1.75 bits per heavy atom. The van der Waals surface area contributed by atoms with E-state index in [1.165, 1.54) is 16.0 Å². The molecule has 0 spiro atoms. The third kappa shape index (κ3) is 3.17. The zero-order chi connectivity index (χ0) is 19.3. The van der Waals surface area contributed by atoms with Crippen molar-refractivity contribution in [3.05, 3.63) is 35.4 Å². The van der Waals surface area contributed by atoms with Crippen LogP contribution < -0.4 is 5.32 Å². The molecule has 7 nitrogen and oxygen atoms in total. The van der Waals surface area contributed by atoms with Crippen molar-refractivity contribution in [1.29, 1.82) is 0 Å². The Bertz CT molecular complexity index is 801. The van der Waals surface area contributed by atoms with Crippen molar-refractivity contribution < 1.29 is 14.4 Å². The Morgan fingerprint density at radius 3 is 2.43 bits per heavy atom. The molecule has 5 aliphatic rings. The molecule has 1 N–H and O–H groups in total. The Hall–Kier alpha value is -2.41. The molecule has 1 aromatic carbocycles. The average molecular weight is 382 g/mol. The number of hydrogen-bond donors (Lipinski definition) is 1. The summed E-state index contributed by atoms with van der Waals surface area (Å²) in [5.41, 5.74) is 2.92. The van der Waals surface area contributed by atoms with Crippen molar-refractivity contribution in [2.24, 2.45) is 5.92 Å². The van der Waals surface area contributed by atoms with Gasteiger partial charge in [0.15, 0.2) is 0 Å². The molecule has 0 aromatic heterocycles. The van der Waals surface area contributed by atoms with Crippen molar-refractivity contribution in [3.63, 3.8) is 0 Å². The van der Waals surface area contributed by atoms with Gasteiger partial charge in [-0.25, -0.2) is 4.79 Å². The Morgan fingerprint density at radius 1 is 1.00 bits per heavy atom. The molecular formula is C21H26N4O3. The van der Waals surface area contributed by atoms with Crippen molar-refractivity contribution in [2.75, 3.05) is 32.7 Å². The van der Waals surface area contributed by atoms with Crippen LogP contribution in [0.25, 0.3) is 0 Å². The highest BCUT2D eigenvalue weighted by Crippen LogP contribution is 2.33. The second-order valence-corrected chi connectivity index (χ2v) is 8.64. The van der Waals surface area contributed by atoms with Gasteiger partial charge in [0.25, 0.3) is 0 Å². The lowest BCUT2D eigenvalue weighted by Gasteiger charge is -2.37. The Kier molecular flexibility index (Phi) is 4.34. The molecule has 0 saturated carbocycles. The monoisotopic (exact) mass is 382 g/mol. The smallest absolute Gasteiger partial charge is 0.325 e. The average Bonchev–Trinajstić information content (AvgIpc) is 3.10. The van der Waals surface area contributed by atoms with Gasteiger partial charge in [-0.05, 0) is 42.7 Å². The first kappa shape index (κ1) is 17.7. The van der Waals surface area contributed by atoms with Crippen LogP contribution in [0.2, 0.25) is 0 Å². The number of hydrogen-bond acceptors (Lipinski definition) is 4. The van der Waals surface area contributed by atoms with Gasteiger partial charge in [-0.2, -0.15) is 0 Å². The molecular weight excluding hydrogens is 356 g/mol. The molecule has 4 saturated heterocycles. The summed E-state index contributed by atoms with van der Waals surface area (Å²) >= 11 is 0.